The molecule has 2 heterocycles. The molecule has 4 heteroatoms. The summed E-state index contributed by atoms with van der Waals surface area (Å²) in [4.78, 5) is 17.8. The molecular weight excluding hydrogens is 306 g/mol. The molecule has 4 rings (SSSR count). The fourth-order valence-electron chi connectivity index (χ4n) is 2.69. The summed E-state index contributed by atoms with van der Waals surface area (Å²) in [5.41, 5.74) is 3.51. The van der Waals surface area contributed by atoms with Crippen LogP contribution in [0.5, 0.6) is 0 Å². The lowest BCUT2D eigenvalue weighted by atomic mass is 10.0. The predicted molar refractivity (Wildman–Crippen MR) is 93.8 cm³/mol. The number of thiophene rings is 1. The third-order valence-electron chi connectivity index (χ3n) is 3.68. The van der Waals surface area contributed by atoms with Gasteiger partial charge in [0.05, 0.1) is 0 Å². The third-order valence-corrected chi connectivity index (χ3v) is 4.88. The number of hydrogen-bond acceptors (Lipinski definition) is 4. The normalized spacial score (nSPS) is 11.0. The van der Waals surface area contributed by atoms with Crippen molar-refractivity contribution >= 4 is 21.6 Å². The van der Waals surface area contributed by atoms with Crippen LogP contribution in [-0.2, 0) is 0 Å². The molecule has 0 atom stereocenters. The fourth-order valence-corrected chi connectivity index (χ4v) is 3.84. The quantitative estimate of drug-likeness (QED) is 0.528. The van der Waals surface area contributed by atoms with Crippen LogP contribution in [-0.4, -0.2) is 4.98 Å². The zero-order chi connectivity index (χ0) is 15.8. The summed E-state index contributed by atoms with van der Waals surface area (Å²) in [6.45, 7) is 1.70. The molecule has 2 aromatic heterocycles. The van der Waals surface area contributed by atoms with E-state index in [2.05, 4.69) is 4.98 Å². The Morgan fingerprint density at radius 3 is 2.17 bits per heavy atom. The molecule has 0 amide bonds. The van der Waals surface area contributed by atoms with E-state index in [-0.39, 0.29) is 5.63 Å². The topological polar surface area (TPSA) is 43.1 Å². The van der Waals surface area contributed by atoms with E-state index < -0.39 is 0 Å². The summed E-state index contributed by atoms with van der Waals surface area (Å²) in [7, 11) is 0. The summed E-state index contributed by atoms with van der Waals surface area (Å²) < 4.78 is 5.74. The smallest absolute Gasteiger partial charge is 0.357 e. The van der Waals surface area contributed by atoms with Gasteiger partial charge in [0, 0.05) is 17.4 Å². The first-order valence-corrected chi connectivity index (χ1v) is 8.11. The van der Waals surface area contributed by atoms with Crippen molar-refractivity contribution in [2.75, 3.05) is 0 Å². The Hall–Kier alpha value is -2.72. The number of benzene rings is 2. The van der Waals surface area contributed by atoms with Crippen LogP contribution in [0.15, 0.2) is 69.9 Å². The highest BCUT2D eigenvalue weighted by Crippen LogP contribution is 2.42. The monoisotopic (exact) mass is 319 g/mol. The maximum absolute atomic E-state index is 12.2. The van der Waals surface area contributed by atoms with Crippen molar-refractivity contribution in [3.8, 4) is 21.6 Å². The molecule has 0 radical (unpaired) electrons. The second kappa shape index (κ2) is 5.48. The van der Waals surface area contributed by atoms with E-state index in [0.29, 0.717) is 16.1 Å². The summed E-state index contributed by atoms with van der Waals surface area (Å²) in [5, 5.41) is 0. The van der Waals surface area contributed by atoms with Crippen molar-refractivity contribution in [3.63, 3.8) is 0 Å². The molecule has 0 aliphatic carbocycles. The number of rotatable bonds is 2. The van der Waals surface area contributed by atoms with Crippen molar-refractivity contribution < 1.29 is 4.42 Å². The van der Waals surface area contributed by atoms with Gasteiger partial charge in [0.25, 0.3) is 0 Å². The number of aromatic nitrogens is 1. The van der Waals surface area contributed by atoms with Crippen LogP contribution < -0.4 is 5.63 Å². The molecule has 0 aliphatic rings. The number of aryl methyl sites for hydroxylation is 1. The molecule has 0 fully saturated rings. The number of fused-ring (bicyclic) bond motifs is 1. The van der Waals surface area contributed by atoms with Crippen LogP contribution >= 0.6 is 11.3 Å². The summed E-state index contributed by atoms with van der Waals surface area (Å²) in [5.74, 6) is 0.386. The minimum atomic E-state index is -0.322. The molecule has 0 saturated carbocycles. The second-order valence-electron chi connectivity index (χ2n) is 5.24. The molecule has 0 spiro atoms. The highest BCUT2D eigenvalue weighted by atomic mass is 32.1. The lowest BCUT2D eigenvalue weighted by molar-refractivity contribution is 0.468. The van der Waals surface area contributed by atoms with Crippen LogP contribution in [0.3, 0.4) is 0 Å². The lowest BCUT2D eigenvalue weighted by Gasteiger charge is -2.05. The first-order valence-electron chi connectivity index (χ1n) is 7.29. The van der Waals surface area contributed by atoms with Crippen molar-refractivity contribution in [1.82, 2.24) is 4.98 Å². The molecule has 4 aromatic rings. The second-order valence-corrected chi connectivity index (χ2v) is 6.26. The Balaban J connectivity index is 2.14. The van der Waals surface area contributed by atoms with Crippen molar-refractivity contribution in [3.05, 3.63) is 77.0 Å². The van der Waals surface area contributed by atoms with Crippen molar-refractivity contribution in [1.29, 1.82) is 0 Å². The summed E-state index contributed by atoms with van der Waals surface area (Å²) >= 11 is 1.44. The van der Waals surface area contributed by atoms with Gasteiger partial charge in [-0.25, -0.2) is 9.78 Å². The Kier molecular flexibility index (Phi) is 3.32. The van der Waals surface area contributed by atoms with Crippen molar-refractivity contribution in [2.24, 2.45) is 0 Å². The van der Waals surface area contributed by atoms with E-state index in [1.54, 1.807) is 6.92 Å². The average molecular weight is 319 g/mol. The van der Waals surface area contributed by atoms with E-state index in [0.717, 1.165) is 21.6 Å². The van der Waals surface area contributed by atoms with Gasteiger partial charge < -0.3 is 4.42 Å². The molecule has 3 nitrogen and oxygen atoms in total. The number of hydrogen-bond donors (Lipinski definition) is 0. The first-order chi connectivity index (χ1) is 11.2. The average Bonchev–Trinajstić information content (AvgIpc) is 2.96. The van der Waals surface area contributed by atoms with Gasteiger partial charge in [-0.3, -0.25) is 0 Å². The first kappa shape index (κ1) is 13.9. The minimum Gasteiger partial charge on any atom is -0.408 e. The standard InChI is InChI=1S/C19H13NO2S/c1-12-20-16-15(13-8-4-2-5-9-13)17(14-10-6-3-7-11-14)23-18(16)19(21)22-12/h2-11H,1H3. The van der Waals surface area contributed by atoms with Gasteiger partial charge in [0.1, 0.15) is 10.2 Å². The molecule has 23 heavy (non-hydrogen) atoms. The van der Waals surface area contributed by atoms with Gasteiger partial charge in [0.15, 0.2) is 5.89 Å². The highest BCUT2D eigenvalue weighted by molar-refractivity contribution is 7.22. The van der Waals surface area contributed by atoms with E-state index >= 15 is 0 Å². The third kappa shape index (κ3) is 2.37. The Morgan fingerprint density at radius 1 is 0.913 bits per heavy atom. The maximum atomic E-state index is 12.2. The molecular formula is C19H13NO2S. The van der Waals surface area contributed by atoms with Gasteiger partial charge in [-0.2, -0.15) is 0 Å². The zero-order valence-corrected chi connectivity index (χ0v) is 13.3. The summed E-state index contributed by atoms with van der Waals surface area (Å²) in [6, 6.07) is 20.1. The summed E-state index contributed by atoms with van der Waals surface area (Å²) in [6.07, 6.45) is 0. The van der Waals surface area contributed by atoms with Gasteiger partial charge >= 0.3 is 5.63 Å². The molecule has 0 saturated heterocycles. The number of nitrogens with zero attached hydrogens (tertiary/aromatic N) is 1. The van der Waals surface area contributed by atoms with Gasteiger partial charge in [-0.15, -0.1) is 11.3 Å². The largest absolute Gasteiger partial charge is 0.408 e. The van der Waals surface area contributed by atoms with E-state index in [1.165, 1.54) is 11.3 Å². The Bertz CT molecular complexity index is 1030. The van der Waals surface area contributed by atoms with Crippen LogP contribution in [0, 0.1) is 6.92 Å². The van der Waals surface area contributed by atoms with E-state index in [4.69, 9.17) is 4.42 Å². The van der Waals surface area contributed by atoms with E-state index in [9.17, 15) is 4.79 Å². The minimum absolute atomic E-state index is 0.322. The van der Waals surface area contributed by atoms with Gasteiger partial charge in [-0.05, 0) is 11.1 Å². The molecule has 2 aromatic carbocycles. The predicted octanol–water partition coefficient (Wildman–Crippen LogP) is 4.89. The fraction of sp³-hybridized carbons (Fsp3) is 0.0526. The van der Waals surface area contributed by atoms with Crippen LogP contribution in [0.25, 0.3) is 31.8 Å². The molecule has 112 valence electrons. The molecule has 0 unspecified atom stereocenters. The SMILES string of the molecule is Cc1nc2c(-c3ccccc3)c(-c3ccccc3)sc2c(=O)o1. The lowest BCUT2D eigenvalue weighted by Crippen LogP contribution is -2.00. The zero-order valence-electron chi connectivity index (χ0n) is 12.4. The molecule has 0 bridgehead atoms. The van der Waals surface area contributed by atoms with Crippen LogP contribution in [0.1, 0.15) is 5.89 Å². The van der Waals surface area contributed by atoms with Crippen LogP contribution in [0.4, 0.5) is 0 Å². The maximum Gasteiger partial charge on any atom is 0.357 e. The van der Waals surface area contributed by atoms with Gasteiger partial charge in [-0.1, -0.05) is 60.7 Å². The Morgan fingerprint density at radius 2 is 1.52 bits per heavy atom. The van der Waals surface area contributed by atoms with E-state index in [1.807, 2.05) is 60.7 Å². The van der Waals surface area contributed by atoms with Crippen molar-refractivity contribution in [2.45, 2.75) is 6.92 Å². The molecule has 0 aliphatic heterocycles. The Labute approximate surface area is 136 Å². The molecule has 0 N–H and O–H groups in total. The van der Waals surface area contributed by atoms with Gasteiger partial charge in [0.2, 0.25) is 0 Å². The highest BCUT2D eigenvalue weighted by Gasteiger charge is 2.19. The van der Waals surface area contributed by atoms with Crippen LogP contribution in [0.2, 0.25) is 0 Å².